The van der Waals surface area contributed by atoms with Gasteiger partial charge in [0.05, 0.1) is 11.7 Å². The molecule has 1 aromatic carbocycles. The summed E-state index contributed by atoms with van der Waals surface area (Å²) in [6.07, 6.45) is 4.16. The zero-order valence-corrected chi connectivity index (χ0v) is 9.63. The number of carboxylic acid groups (broad SMARTS) is 1. The summed E-state index contributed by atoms with van der Waals surface area (Å²) in [6.45, 7) is 0. The van der Waals surface area contributed by atoms with Crippen LogP contribution in [0.15, 0.2) is 24.3 Å². The van der Waals surface area contributed by atoms with Crippen molar-refractivity contribution in [2.45, 2.75) is 37.8 Å². The number of carboxylic acids is 1. The fourth-order valence-corrected chi connectivity index (χ4v) is 2.07. The predicted octanol–water partition coefficient (Wildman–Crippen LogP) is 2.03. The number of nitrogens with two attached hydrogens (primary N) is 1. The van der Waals surface area contributed by atoms with Gasteiger partial charge in [-0.05, 0) is 49.9 Å². The van der Waals surface area contributed by atoms with Crippen molar-refractivity contribution in [2.24, 2.45) is 5.73 Å². The minimum absolute atomic E-state index is 0.213. The molecule has 4 nitrogen and oxygen atoms in total. The first-order valence-corrected chi connectivity index (χ1v) is 5.91. The summed E-state index contributed by atoms with van der Waals surface area (Å²) in [4.78, 5) is 10.7. The summed E-state index contributed by atoms with van der Waals surface area (Å²) in [5, 5.41) is 8.77. The van der Waals surface area contributed by atoms with Gasteiger partial charge in [0.25, 0.3) is 0 Å². The number of benzene rings is 1. The molecule has 0 heterocycles. The van der Waals surface area contributed by atoms with Gasteiger partial charge in [-0.3, -0.25) is 0 Å². The summed E-state index contributed by atoms with van der Waals surface area (Å²) >= 11 is 0. The number of aromatic carboxylic acids is 1. The lowest BCUT2D eigenvalue weighted by Crippen LogP contribution is -2.31. The van der Waals surface area contributed by atoms with Gasteiger partial charge in [0.15, 0.2) is 0 Å². The van der Waals surface area contributed by atoms with Crippen LogP contribution >= 0.6 is 0 Å². The maximum Gasteiger partial charge on any atom is 0.335 e. The highest BCUT2D eigenvalue weighted by molar-refractivity contribution is 5.87. The van der Waals surface area contributed by atoms with Crippen LogP contribution in [0.25, 0.3) is 0 Å². The van der Waals surface area contributed by atoms with Gasteiger partial charge in [-0.1, -0.05) is 0 Å². The van der Waals surface area contributed by atoms with E-state index < -0.39 is 5.97 Å². The molecule has 0 bridgehead atoms. The van der Waals surface area contributed by atoms with Crippen molar-refractivity contribution < 1.29 is 14.6 Å². The van der Waals surface area contributed by atoms with Gasteiger partial charge in [-0.2, -0.15) is 0 Å². The highest BCUT2D eigenvalue weighted by Gasteiger charge is 2.19. The van der Waals surface area contributed by atoms with Crippen LogP contribution in [-0.2, 0) is 0 Å². The molecule has 1 aliphatic rings. The topological polar surface area (TPSA) is 72.5 Å². The summed E-state index contributed by atoms with van der Waals surface area (Å²) in [7, 11) is 0. The second kappa shape index (κ2) is 5.19. The SMILES string of the molecule is N[C@H]1CC[C@H](Oc2ccc(C(=O)O)cc2)CC1. The standard InChI is InChI=1S/C13H17NO3/c14-10-3-7-12(8-4-10)17-11-5-1-9(2-6-11)13(15)16/h1-2,5-6,10,12H,3-4,7-8,14H2,(H,15,16)/t10-,12-. The van der Waals surface area contributed by atoms with E-state index in [-0.39, 0.29) is 11.7 Å². The van der Waals surface area contributed by atoms with Crippen molar-refractivity contribution in [2.75, 3.05) is 0 Å². The molecule has 1 aromatic rings. The number of rotatable bonds is 3. The molecule has 0 unspecified atom stereocenters. The Hall–Kier alpha value is -1.55. The van der Waals surface area contributed by atoms with E-state index in [4.69, 9.17) is 15.6 Å². The molecule has 1 saturated carbocycles. The van der Waals surface area contributed by atoms with Crippen LogP contribution in [0.5, 0.6) is 5.75 Å². The summed E-state index contributed by atoms with van der Waals surface area (Å²) in [6, 6.07) is 6.85. The van der Waals surface area contributed by atoms with Crippen LogP contribution in [0, 0.1) is 0 Å². The number of hydrogen-bond donors (Lipinski definition) is 2. The third-order valence-corrected chi connectivity index (χ3v) is 3.12. The molecule has 1 aliphatic carbocycles. The minimum Gasteiger partial charge on any atom is -0.490 e. The lowest BCUT2D eigenvalue weighted by molar-refractivity contribution is 0.0697. The highest BCUT2D eigenvalue weighted by atomic mass is 16.5. The Morgan fingerprint density at radius 3 is 2.29 bits per heavy atom. The van der Waals surface area contributed by atoms with Crippen LogP contribution in [-0.4, -0.2) is 23.2 Å². The quantitative estimate of drug-likeness (QED) is 0.840. The Morgan fingerprint density at radius 1 is 1.18 bits per heavy atom. The largest absolute Gasteiger partial charge is 0.490 e. The zero-order chi connectivity index (χ0) is 12.3. The molecule has 1 fully saturated rings. The van der Waals surface area contributed by atoms with Gasteiger partial charge < -0.3 is 15.6 Å². The predicted molar refractivity (Wildman–Crippen MR) is 64.3 cm³/mol. The Balaban J connectivity index is 1.92. The van der Waals surface area contributed by atoms with E-state index in [0.717, 1.165) is 31.4 Å². The fourth-order valence-electron chi connectivity index (χ4n) is 2.07. The Morgan fingerprint density at radius 2 is 1.76 bits per heavy atom. The molecule has 17 heavy (non-hydrogen) atoms. The maximum absolute atomic E-state index is 10.7. The number of hydrogen-bond acceptors (Lipinski definition) is 3. The van der Waals surface area contributed by atoms with Gasteiger partial charge >= 0.3 is 5.97 Å². The smallest absolute Gasteiger partial charge is 0.335 e. The molecule has 0 radical (unpaired) electrons. The number of carbonyl (C=O) groups is 1. The van der Waals surface area contributed by atoms with Crippen LogP contribution in [0.1, 0.15) is 36.0 Å². The molecule has 0 amide bonds. The molecule has 4 heteroatoms. The van der Waals surface area contributed by atoms with E-state index in [0.29, 0.717) is 6.04 Å². The first-order chi connectivity index (χ1) is 8.15. The lowest BCUT2D eigenvalue weighted by Gasteiger charge is -2.26. The van der Waals surface area contributed by atoms with E-state index >= 15 is 0 Å². The summed E-state index contributed by atoms with van der Waals surface area (Å²) in [5.41, 5.74) is 6.10. The van der Waals surface area contributed by atoms with E-state index in [1.165, 1.54) is 0 Å². The molecular weight excluding hydrogens is 218 g/mol. The molecule has 2 rings (SSSR count). The van der Waals surface area contributed by atoms with Crippen LogP contribution < -0.4 is 10.5 Å². The highest BCUT2D eigenvalue weighted by Crippen LogP contribution is 2.23. The van der Waals surface area contributed by atoms with Gasteiger partial charge in [-0.15, -0.1) is 0 Å². The Kier molecular flexibility index (Phi) is 3.64. The van der Waals surface area contributed by atoms with Crippen molar-refractivity contribution in [3.63, 3.8) is 0 Å². The van der Waals surface area contributed by atoms with Crippen LogP contribution in [0.3, 0.4) is 0 Å². The van der Waals surface area contributed by atoms with E-state index in [9.17, 15) is 4.79 Å². The Labute approximate surface area is 100 Å². The second-order valence-corrected chi connectivity index (χ2v) is 4.48. The van der Waals surface area contributed by atoms with Crippen molar-refractivity contribution >= 4 is 5.97 Å². The fraction of sp³-hybridized carbons (Fsp3) is 0.462. The third-order valence-electron chi connectivity index (χ3n) is 3.12. The normalized spacial score (nSPS) is 24.3. The second-order valence-electron chi connectivity index (χ2n) is 4.48. The lowest BCUT2D eigenvalue weighted by atomic mass is 9.94. The Bertz CT molecular complexity index is 380. The van der Waals surface area contributed by atoms with Crippen LogP contribution in [0.2, 0.25) is 0 Å². The molecule has 0 aromatic heterocycles. The zero-order valence-electron chi connectivity index (χ0n) is 9.63. The van der Waals surface area contributed by atoms with Gasteiger partial charge in [0.2, 0.25) is 0 Å². The molecule has 0 atom stereocenters. The first-order valence-electron chi connectivity index (χ1n) is 5.91. The molecule has 3 N–H and O–H groups in total. The van der Waals surface area contributed by atoms with E-state index in [2.05, 4.69) is 0 Å². The molecule has 92 valence electrons. The average Bonchev–Trinajstić information content (AvgIpc) is 2.33. The van der Waals surface area contributed by atoms with E-state index in [1.807, 2.05) is 0 Å². The molecule has 0 spiro atoms. The van der Waals surface area contributed by atoms with Crippen molar-refractivity contribution in [1.29, 1.82) is 0 Å². The molecule has 0 aliphatic heterocycles. The van der Waals surface area contributed by atoms with Crippen molar-refractivity contribution in [3.8, 4) is 5.75 Å². The first kappa shape index (κ1) is 11.9. The van der Waals surface area contributed by atoms with Gasteiger partial charge in [-0.25, -0.2) is 4.79 Å². The minimum atomic E-state index is -0.916. The summed E-state index contributed by atoms with van der Waals surface area (Å²) < 4.78 is 5.79. The van der Waals surface area contributed by atoms with Crippen molar-refractivity contribution in [1.82, 2.24) is 0 Å². The number of ether oxygens (including phenoxy) is 1. The van der Waals surface area contributed by atoms with Crippen LogP contribution in [0.4, 0.5) is 0 Å². The molecular formula is C13H17NO3. The monoisotopic (exact) mass is 235 g/mol. The third kappa shape index (κ3) is 3.20. The average molecular weight is 235 g/mol. The van der Waals surface area contributed by atoms with Gasteiger partial charge in [0.1, 0.15) is 5.75 Å². The van der Waals surface area contributed by atoms with Gasteiger partial charge in [0, 0.05) is 6.04 Å². The maximum atomic E-state index is 10.7. The molecule has 0 saturated heterocycles. The van der Waals surface area contributed by atoms with E-state index in [1.54, 1.807) is 24.3 Å². The summed E-state index contributed by atoms with van der Waals surface area (Å²) in [5.74, 6) is -0.185. The van der Waals surface area contributed by atoms with Crippen molar-refractivity contribution in [3.05, 3.63) is 29.8 Å².